The number of hydrogen-bond donors (Lipinski definition) is 1. The van der Waals surface area contributed by atoms with Crippen molar-refractivity contribution in [2.75, 3.05) is 46.0 Å². The Balaban J connectivity index is 1.73. The van der Waals surface area contributed by atoms with Crippen molar-refractivity contribution in [3.05, 3.63) is 83.7 Å². The summed E-state index contributed by atoms with van der Waals surface area (Å²) in [4.78, 5) is 28.9. The van der Waals surface area contributed by atoms with Gasteiger partial charge in [0.2, 0.25) is 5.78 Å². The number of halogens is 1. The number of nitrogens with zero attached hydrogens (tertiary/aromatic N) is 1. The summed E-state index contributed by atoms with van der Waals surface area (Å²) < 4.78 is 24.4. The number of nitrogens with one attached hydrogen (secondary N) is 1. The molecule has 0 aromatic heterocycles. The molecule has 0 bridgehead atoms. The highest BCUT2D eigenvalue weighted by atomic mass is 19.1. The average molecular weight is 467 g/mol. The summed E-state index contributed by atoms with van der Waals surface area (Å²) >= 11 is 0. The topological polar surface area (TPSA) is 83.3 Å². The number of Topliss-reactive ketones (excluding diaryl/α,β-unsaturated/α-hetero) is 1. The van der Waals surface area contributed by atoms with Crippen molar-refractivity contribution in [2.24, 2.45) is 0 Å². The van der Waals surface area contributed by atoms with Crippen LogP contribution in [0, 0.1) is 5.82 Å². The third-order valence-electron chi connectivity index (χ3n) is 6.08. The van der Waals surface area contributed by atoms with E-state index >= 15 is 0 Å². The van der Waals surface area contributed by atoms with Gasteiger partial charge in [0.15, 0.2) is 0 Å². The predicted molar refractivity (Wildman–Crippen MR) is 121 cm³/mol. The molecule has 0 radical (unpaired) electrons. The molecular weight excluding hydrogens is 439 g/mol. The summed E-state index contributed by atoms with van der Waals surface area (Å²) in [6.45, 7) is 7.80. The number of quaternary nitrogens is 1. The fourth-order valence-corrected chi connectivity index (χ4v) is 4.32. The van der Waals surface area contributed by atoms with Crippen molar-refractivity contribution in [2.45, 2.75) is 6.04 Å². The number of likely N-dealkylation sites (tertiary alicyclic amines) is 1. The lowest BCUT2D eigenvalue weighted by Gasteiger charge is -2.30. The Bertz CT molecular complexity index is 1090. The standard InChI is InChI=1S/C26H27FN2O5/c1-2-14-34-21-5-3-4-19(17-21)23-22(24(30)18-6-8-20(27)9-7-18)25(31)26(32)29(23)11-10-28-12-15-33-16-13-28/h2-9,17,23,30H,1,10-16H2. The van der Waals surface area contributed by atoms with Crippen LogP contribution in [0.4, 0.5) is 4.39 Å². The monoisotopic (exact) mass is 466 g/mol. The highest BCUT2D eigenvalue weighted by Gasteiger charge is 2.44. The Morgan fingerprint density at radius 3 is 2.65 bits per heavy atom. The van der Waals surface area contributed by atoms with Crippen molar-refractivity contribution in [3.63, 3.8) is 0 Å². The van der Waals surface area contributed by atoms with Gasteiger partial charge in [0.1, 0.15) is 31.3 Å². The molecule has 2 aliphatic rings. The Morgan fingerprint density at radius 1 is 1.21 bits per heavy atom. The van der Waals surface area contributed by atoms with E-state index < -0.39 is 29.3 Å². The molecule has 1 atom stereocenters. The van der Waals surface area contributed by atoms with Gasteiger partial charge < -0.3 is 24.4 Å². The summed E-state index contributed by atoms with van der Waals surface area (Å²) in [6, 6.07) is 11.1. The van der Waals surface area contributed by atoms with E-state index in [2.05, 4.69) is 6.58 Å². The molecule has 0 saturated carbocycles. The maximum absolute atomic E-state index is 13.4. The average Bonchev–Trinajstić information content (AvgIpc) is 3.12. The van der Waals surface area contributed by atoms with E-state index in [0.717, 1.165) is 25.2 Å². The number of carbonyl (C=O) groups excluding carboxylic acids is 2. The zero-order valence-corrected chi connectivity index (χ0v) is 18.8. The molecule has 0 spiro atoms. The molecule has 1 unspecified atom stereocenters. The zero-order chi connectivity index (χ0) is 24.1. The number of carbonyl (C=O) groups is 2. The Labute approximate surface area is 197 Å². The van der Waals surface area contributed by atoms with Crippen LogP contribution in [0.3, 0.4) is 0 Å². The van der Waals surface area contributed by atoms with Gasteiger partial charge in [0, 0.05) is 5.57 Å². The zero-order valence-electron chi connectivity index (χ0n) is 18.8. The highest BCUT2D eigenvalue weighted by molar-refractivity contribution is 6.46. The maximum atomic E-state index is 13.4. The molecule has 7 nitrogen and oxygen atoms in total. The Kier molecular flexibility index (Phi) is 7.40. The third kappa shape index (κ3) is 5.03. The fourth-order valence-electron chi connectivity index (χ4n) is 4.32. The molecule has 2 saturated heterocycles. The van der Waals surface area contributed by atoms with Gasteiger partial charge in [-0.3, -0.25) is 9.59 Å². The van der Waals surface area contributed by atoms with Crippen LogP contribution in [-0.2, 0) is 14.3 Å². The van der Waals surface area contributed by atoms with Crippen LogP contribution in [0.15, 0.2) is 66.8 Å². The lowest BCUT2D eigenvalue weighted by atomic mass is 9.95. The van der Waals surface area contributed by atoms with E-state index in [1.54, 1.807) is 30.3 Å². The van der Waals surface area contributed by atoms with Crippen molar-refractivity contribution in [1.82, 2.24) is 4.90 Å². The second-order valence-electron chi connectivity index (χ2n) is 8.26. The minimum atomic E-state index is -0.856. The number of ketones is 1. The van der Waals surface area contributed by atoms with Crippen LogP contribution in [0.2, 0.25) is 0 Å². The molecule has 178 valence electrons. The van der Waals surface area contributed by atoms with Crippen molar-refractivity contribution in [1.29, 1.82) is 0 Å². The number of rotatable bonds is 8. The van der Waals surface area contributed by atoms with E-state index in [0.29, 0.717) is 44.2 Å². The number of benzene rings is 2. The third-order valence-corrected chi connectivity index (χ3v) is 6.08. The number of amides is 1. The van der Waals surface area contributed by atoms with Crippen molar-refractivity contribution < 1.29 is 33.5 Å². The Hall–Kier alpha value is -3.49. The van der Waals surface area contributed by atoms with Crippen LogP contribution in [0.5, 0.6) is 5.75 Å². The molecule has 1 N–H and O–H groups in total. The van der Waals surface area contributed by atoms with Gasteiger partial charge in [-0.2, -0.15) is 0 Å². The molecule has 2 fully saturated rings. The first-order chi connectivity index (χ1) is 16.5. The molecule has 1 amide bonds. The van der Waals surface area contributed by atoms with Crippen LogP contribution < -0.4 is 14.7 Å². The summed E-state index contributed by atoms with van der Waals surface area (Å²) in [7, 11) is 0. The summed E-state index contributed by atoms with van der Waals surface area (Å²) in [5.74, 6) is -2.07. The molecule has 34 heavy (non-hydrogen) atoms. The second-order valence-corrected chi connectivity index (χ2v) is 8.26. The quantitative estimate of drug-likeness (QED) is 0.266. The van der Waals surface area contributed by atoms with Crippen LogP contribution in [-0.4, -0.2) is 62.6 Å². The van der Waals surface area contributed by atoms with E-state index in [1.165, 1.54) is 21.9 Å². The minimum absolute atomic E-state index is 0.130. The van der Waals surface area contributed by atoms with Gasteiger partial charge in [-0.15, -0.1) is 0 Å². The SMILES string of the molecule is C=CCOc1cccc(C2C(=C([O-])c3ccc(F)cc3)C(=O)C(=O)N2CC[NH+]2CCOCC2)c1. The molecule has 4 rings (SSSR count). The molecule has 0 aliphatic carbocycles. The lowest BCUT2D eigenvalue weighted by molar-refractivity contribution is -0.907. The van der Waals surface area contributed by atoms with Gasteiger partial charge in [-0.25, -0.2) is 4.39 Å². The fraction of sp³-hybridized carbons (Fsp3) is 0.308. The highest BCUT2D eigenvalue weighted by Crippen LogP contribution is 2.39. The largest absolute Gasteiger partial charge is 0.872 e. The van der Waals surface area contributed by atoms with Crippen LogP contribution >= 0.6 is 0 Å². The Morgan fingerprint density at radius 2 is 1.94 bits per heavy atom. The van der Waals surface area contributed by atoms with Crippen LogP contribution in [0.25, 0.3) is 5.76 Å². The van der Waals surface area contributed by atoms with E-state index in [-0.39, 0.29) is 11.1 Å². The molecule has 2 aliphatic heterocycles. The van der Waals surface area contributed by atoms with Gasteiger partial charge in [-0.05, 0) is 35.4 Å². The number of ether oxygens (including phenoxy) is 2. The first-order valence-corrected chi connectivity index (χ1v) is 11.3. The smallest absolute Gasteiger partial charge is 0.295 e. The van der Waals surface area contributed by atoms with Gasteiger partial charge in [0.05, 0.1) is 32.3 Å². The maximum Gasteiger partial charge on any atom is 0.295 e. The molecule has 2 heterocycles. The second kappa shape index (κ2) is 10.6. The first kappa shape index (κ1) is 23.7. The summed E-state index contributed by atoms with van der Waals surface area (Å²) in [6.07, 6.45) is 1.61. The predicted octanol–water partition coefficient (Wildman–Crippen LogP) is 0.530. The number of hydrogen-bond acceptors (Lipinski definition) is 5. The van der Waals surface area contributed by atoms with Gasteiger partial charge in [0.25, 0.3) is 5.91 Å². The van der Waals surface area contributed by atoms with Crippen LogP contribution in [0.1, 0.15) is 17.2 Å². The summed E-state index contributed by atoms with van der Waals surface area (Å²) in [5.41, 5.74) is 0.625. The minimum Gasteiger partial charge on any atom is -0.872 e. The number of morpholine rings is 1. The first-order valence-electron chi connectivity index (χ1n) is 11.3. The van der Waals surface area contributed by atoms with Crippen molar-refractivity contribution >= 4 is 17.4 Å². The summed E-state index contributed by atoms with van der Waals surface area (Å²) in [5, 5.41) is 13.4. The normalized spacial score (nSPS) is 20.5. The van der Waals surface area contributed by atoms with E-state index in [9.17, 15) is 19.1 Å². The van der Waals surface area contributed by atoms with E-state index in [1.807, 2.05) is 0 Å². The lowest BCUT2D eigenvalue weighted by Crippen LogP contribution is -3.14. The van der Waals surface area contributed by atoms with Gasteiger partial charge in [-0.1, -0.05) is 42.7 Å². The van der Waals surface area contributed by atoms with Gasteiger partial charge >= 0.3 is 0 Å². The molecule has 2 aromatic carbocycles. The van der Waals surface area contributed by atoms with Crippen molar-refractivity contribution in [3.8, 4) is 5.75 Å². The van der Waals surface area contributed by atoms with E-state index in [4.69, 9.17) is 9.47 Å². The molecule has 8 heteroatoms. The molecule has 2 aromatic rings. The molecular formula is C26H27FN2O5.